The highest BCUT2D eigenvalue weighted by molar-refractivity contribution is 7.07. The summed E-state index contributed by atoms with van der Waals surface area (Å²) in [4.78, 5) is 6.25. The number of aliphatic imine (C=N–C) groups is 1. The highest BCUT2D eigenvalue weighted by Gasteiger charge is 2.08. The van der Waals surface area contributed by atoms with Gasteiger partial charge >= 0.3 is 0 Å². The van der Waals surface area contributed by atoms with E-state index in [1.165, 1.54) is 5.56 Å². The van der Waals surface area contributed by atoms with Gasteiger partial charge in [0.1, 0.15) is 12.0 Å². The maximum Gasteiger partial charge on any atom is 0.194 e. The number of nitrogens with one attached hydrogen (secondary N) is 1. The molecule has 0 spiro atoms. The van der Waals surface area contributed by atoms with Crippen molar-refractivity contribution in [2.24, 2.45) is 4.99 Å². The number of guanidine groups is 1. The molecule has 0 saturated carbocycles. The van der Waals surface area contributed by atoms with Crippen LogP contribution >= 0.6 is 11.3 Å². The fraction of sp³-hybridized carbons (Fsp3) is 0.333. The number of rotatable bonds is 4. The van der Waals surface area contributed by atoms with Crippen molar-refractivity contribution in [1.29, 1.82) is 0 Å². The normalized spacial score (nSPS) is 11.6. The van der Waals surface area contributed by atoms with Gasteiger partial charge in [-0.1, -0.05) is 5.16 Å². The van der Waals surface area contributed by atoms with Gasteiger partial charge in [0.25, 0.3) is 0 Å². The van der Waals surface area contributed by atoms with Gasteiger partial charge < -0.3 is 14.7 Å². The second-order valence-electron chi connectivity index (χ2n) is 3.88. The zero-order valence-corrected chi connectivity index (χ0v) is 11.3. The highest BCUT2D eigenvalue weighted by Crippen LogP contribution is 2.05. The minimum absolute atomic E-state index is 0.666. The van der Waals surface area contributed by atoms with E-state index in [2.05, 4.69) is 32.3 Å². The first-order chi connectivity index (χ1) is 8.79. The van der Waals surface area contributed by atoms with E-state index < -0.39 is 0 Å². The second-order valence-corrected chi connectivity index (χ2v) is 4.66. The third kappa shape index (κ3) is 3.33. The molecule has 2 aromatic heterocycles. The van der Waals surface area contributed by atoms with Crippen LogP contribution in [-0.2, 0) is 13.1 Å². The summed E-state index contributed by atoms with van der Waals surface area (Å²) in [5, 5.41) is 11.4. The molecule has 0 radical (unpaired) electrons. The molecule has 5 nitrogen and oxygen atoms in total. The third-order valence-corrected chi connectivity index (χ3v) is 3.23. The van der Waals surface area contributed by atoms with Crippen molar-refractivity contribution in [3.63, 3.8) is 0 Å². The smallest absolute Gasteiger partial charge is 0.194 e. The SMILES string of the molecule is CN=C(NCc1ccsc1)N(C)Cc1ccon1. The maximum absolute atomic E-state index is 4.81. The van der Waals surface area contributed by atoms with Crippen molar-refractivity contribution in [1.82, 2.24) is 15.4 Å². The van der Waals surface area contributed by atoms with Gasteiger partial charge in [-0.25, -0.2) is 0 Å². The van der Waals surface area contributed by atoms with E-state index in [1.54, 1.807) is 24.6 Å². The molecule has 0 aliphatic carbocycles. The molecule has 0 unspecified atom stereocenters. The molecule has 6 heteroatoms. The predicted octanol–water partition coefficient (Wildman–Crippen LogP) is 1.94. The van der Waals surface area contributed by atoms with Crippen molar-refractivity contribution in [2.75, 3.05) is 14.1 Å². The van der Waals surface area contributed by atoms with Gasteiger partial charge in [0, 0.05) is 26.7 Å². The molecule has 0 amide bonds. The van der Waals surface area contributed by atoms with Crippen LogP contribution in [0.4, 0.5) is 0 Å². The Kier molecular flexibility index (Phi) is 4.35. The van der Waals surface area contributed by atoms with Crippen LogP contribution in [0.25, 0.3) is 0 Å². The Hall–Kier alpha value is -1.82. The lowest BCUT2D eigenvalue weighted by molar-refractivity contribution is 0.391. The Morgan fingerprint density at radius 3 is 3.06 bits per heavy atom. The van der Waals surface area contributed by atoms with Gasteiger partial charge in [-0.3, -0.25) is 4.99 Å². The largest absolute Gasteiger partial charge is 0.364 e. The summed E-state index contributed by atoms with van der Waals surface area (Å²) in [7, 11) is 3.74. The molecule has 96 valence electrons. The molecule has 0 atom stereocenters. The Labute approximate surface area is 110 Å². The molecular weight excluding hydrogens is 248 g/mol. The molecule has 0 fully saturated rings. The Balaban J connectivity index is 1.88. The molecular formula is C12H16N4OS. The molecule has 1 N–H and O–H groups in total. The molecule has 18 heavy (non-hydrogen) atoms. The van der Waals surface area contributed by atoms with Crippen LogP contribution in [0.3, 0.4) is 0 Å². The first kappa shape index (κ1) is 12.6. The first-order valence-electron chi connectivity index (χ1n) is 5.61. The molecule has 2 rings (SSSR count). The van der Waals surface area contributed by atoms with Crippen molar-refractivity contribution >= 4 is 17.3 Å². The van der Waals surface area contributed by atoms with Crippen LogP contribution in [0, 0.1) is 0 Å². The molecule has 0 aliphatic rings. The minimum atomic E-state index is 0.666. The summed E-state index contributed by atoms with van der Waals surface area (Å²) in [5.41, 5.74) is 2.15. The summed E-state index contributed by atoms with van der Waals surface area (Å²) < 4.78 is 4.81. The summed E-state index contributed by atoms with van der Waals surface area (Å²) in [6.07, 6.45) is 1.57. The van der Waals surface area contributed by atoms with Gasteiger partial charge in [-0.05, 0) is 22.4 Å². The fourth-order valence-electron chi connectivity index (χ4n) is 1.60. The number of nitrogens with zero attached hydrogens (tertiary/aromatic N) is 3. The quantitative estimate of drug-likeness (QED) is 0.677. The maximum atomic E-state index is 4.81. The van der Waals surface area contributed by atoms with Crippen LogP contribution in [0.15, 0.2) is 38.7 Å². The molecule has 0 aliphatic heterocycles. The fourth-order valence-corrected chi connectivity index (χ4v) is 2.26. The van der Waals surface area contributed by atoms with E-state index in [0.29, 0.717) is 6.54 Å². The first-order valence-corrected chi connectivity index (χ1v) is 6.56. The number of thiophene rings is 1. The van der Waals surface area contributed by atoms with Crippen molar-refractivity contribution in [3.8, 4) is 0 Å². The van der Waals surface area contributed by atoms with Gasteiger partial charge in [-0.15, -0.1) is 0 Å². The number of hydrogen-bond acceptors (Lipinski definition) is 4. The van der Waals surface area contributed by atoms with E-state index in [4.69, 9.17) is 4.52 Å². The summed E-state index contributed by atoms with van der Waals surface area (Å²) in [6.45, 7) is 1.44. The van der Waals surface area contributed by atoms with E-state index in [0.717, 1.165) is 18.2 Å². The Bertz CT molecular complexity index is 478. The van der Waals surface area contributed by atoms with Gasteiger partial charge in [-0.2, -0.15) is 11.3 Å². The monoisotopic (exact) mass is 264 g/mol. The molecule has 0 bridgehead atoms. The lowest BCUT2D eigenvalue weighted by Crippen LogP contribution is -2.38. The molecule has 2 heterocycles. The second kappa shape index (κ2) is 6.20. The zero-order chi connectivity index (χ0) is 12.8. The lowest BCUT2D eigenvalue weighted by Gasteiger charge is -2.20. The van der Waals surface area contributed by atoms with Crippen molar-refractivity contribution < 1.29 is 4.52 Å². The summed E-state index contributed by atoms with van der Waals surface area (Å²) in [5.74, 6) is 0.837. The zero-order valence-electron chi connectivity index (χ0n) is 10.5. The average molecular weight is 264 g/mol. The van der Waals surface area contributed by atoms with E-state index in [-0.39, 0.29) is 0 Å². The Morgan fingerprint density at radius 1 is 1.56 bits per heavy atom. The van der Waals surface area contributed by atoms with Crippen LogP contribution < -0.4 is 5.32 Å². The van der Waals surface area contributed by atoms with Gasteiger partial charge in [0.05, 0.1) is 6.54 Å². The molecule has 0 saturated heterocycles. The van der Waals surface area contributed by atoms with E-state index in [1.807, 2.05) is 18.0 Å². The van der Waals surface area contributed by atoms with Crippen LogP contribution in [0.2, 0.25) is 0 Å². The standard InChI is InChI=1S/C12H16N4OS/c1-13-12(14-7-10-4-6-18-9-10)16(2)8-11-3-5-17-15-11/h3-6,9H,7-8H2,1-2H3,(H,13,14). The average Bonchev–Trinajstić information content (AvgIpc) is 3.02. The van der Waals surface area contributed by atoms with E-state index in [9.17, 15) is 0 Å². The third-order valence-electron chi connectivity index (χ3n) is 2.49. The highest BCUT2D eigenvalue weighted by atomic mass is 32.1. The van der Waals surface area contributed by atoms with Crippen molar-refractivity contribution in [2.45, 2.75) is 13.1 Å². The topological polar surface area (TPSA) is 53.7 Å². The lowest BCUT2D eigenvalue weighted by atomic mass is 10.3. The van der Waals surface area contributed by atoms with Gasteiger partial charge in [0.15, 0.2) is 5.96 Å². The summed E-state index contributed by atoms with van der Waals surface area (Å²) in [6, 6.07) is 3.95. The van der Waals surface area contributed by atoms with Gasteiger partial charge in [0.2, 0.25) is 0 Å². The molecule has 2 aromatic rings. The van der Waals surface area contributed by atoms with Crippen LogP contribution in [0.1, 0.15) is 11.3 Å². The minimum Gasteiger partial charge on any atom is -0.364 e. The number of hydrogen-bond donors (Lipinski definition) is 1. The summed E-state index contributed by atoms with van der Waals surface area (Å²) >= 11 is 1.70. The number of aromatic nitrogens is 1. The predicted molar refractivity (Wildman–Crippen MR) is 72.5 cm³/mol. The van der Waals surface area contributed by atoms with Crippen molar-refractivity contribution in [3.05, 3.63) is 40.4 Å². The Morgan fingerprint density at radius 2 is 2.44 bits per heavy atom. The van der Waals surface area contributed by atoms with Crippen LogP contribution in [0.5, 0.6) is 0 Å². The molecule has 0 aromatic carbocycles. The van der Waals surface area contributed by atoms with E-state index >= 15 is 0 Å². The van der Waals surface area contributed by atoms with Crippen LogP contribution in [-0.4, -0.2) is 30.1 Å².